The second-order valence-corrected chi connectivity index (χ2v) is 7.15. The van der Waals surface area contributed by atoms with Crippen molar-refractivity contribution in [1.29, 1.82) is 0 Å². The number of anilines is 1. The van der Waals surface area contributed by atoms with Crippen LogP contribution in [-0.2, 0) is 14.6 Å². The van der Waals surface area contributed by atoms with Gasteiger partial charge in [-0.1, -0.05) is 0 Å². The Bertz CT molecular complexity index is 649. The Balaban J connectivity index is 2.02. The summed E-state index contributed by atoms with van der Waals surface area (Å²) in [6, 6.07) is 5.15. The van der Waals surface area contributed by atoms with Gasteiger partial charge in [0.15, 0.2) is 0 Å². The highest BCUT2D eigenvalue weighted by Gasteiger charge is 2.27. The van der Waals surface area contributed by atoms with E-state index in [9.17, 15) is 22.0 Å². The summed E-state index contributed by atoms with van der Waals surface area (Å²) in [7, 11) is -3.26. The predicted octanol–water partition coefficient (Wildman–Crippen LogP) is 2.33. The van der Waals surface area contributed by atoms with Crippen LogP contribution >= 0.6 is 0 Å². The minimum absolute atomic E-state index is 0.0135. The van der Waals surface area contributed by atoms with Gasteiger partial charge in [0.05, 0.1) is 12.0 Å². The Morgan fingerprint density at radius 2 is 2.00 bits per heavy atom. The van der Waals surface area contributed by atoms with E-state index in [-0.39, 0.29) is 6.04 Å². The largest absolute Gasteiger partial charge is 0.453 e. The molecule has 1 atom stereocenters. The molecule has 1 aliphatic heterocycles. The molecule has 1 aliphatic rings. The number of alkyl halides is 2. The molecule has 1 unspecified atom stereocenters. The zero-order valence-corrected chi connectivity index (χ0v) is 13.4. The number of methoxy groups -OCH3 is 1. The number of amides is 1. The van der Waals surface area contributed by atoms with Crippen LogP contribution in [0.3, 0.4) is 0 Å². The second-order valence-electron chi connectivity index (χ2n) is 5.23. The van der Waals surface area contributed by atoms with Gasteiger partial charge in [-0.3, -0.25) is 0 Å². The van der Waals surface area contributed by atoms with Crippen LogP contribution in [-0.4, -0.2) is 51.4 Å². The molecule has 1 fully saturated rings. The fraction of sp³-hybridized carbons (Fsp3) is 0.500. The summed E-state index contributed by atoms with van der Waals surface area (Å²) in [5, 5.41) is 3.17. The van der Waals surface area contributed by atoms with E-state index in [0.29, 0.717) is 18.8 Å². The molecule has 1 saturated heterocycles. The van der Waals surface area contributed by atoms with Gasteiger partial charge in [-0.05, 0) is 37.1 Å². The summed E-state index contributed by atoms with van der Waals surface area (Å²) in [6.45, 7) is 1.08. The smallest absolute Gasteiger partial charge is 0.409 e. The first-order valence-electron chi connectivity index (χ1n) is 7.06. The first-order valence-corrected chi connectivity index (χ1v) is 8.61. The van der Waals surface area contributed by atoms with Crippen molar-refractivity contribution in [2.45, 2.75) is 29.5 Å². The normalized spacial score (nSPS) is 18.8. The number of ether oxygens (including phenoxy) is 1. The quantitative estimate of drug-likeness (QED) is 0.904. The molecular weight excluding hydrogens is 330 g/mol. The number of nitrogens with one attached hydrogen (secondary N) is 1. The lowest BCUT2D eigenvalue weighted by molar-refractivity contribution is 0.113. The maximum atomic E-state index is 12.5. The number of halogens is 2. The van der Waals surface area contributed by atoms with Crippen LogP contribution in [0.15, 0.2) is 29.2 Å². The number of nitrogens with zero attached hydrogens (tertiary/aromatic N) is 1. The number of likely N-dealkylation sites (tertiary alicyclic amines) is 1. The van der Waals surface area contributed by atoms with Crippen LogP contribution in [0.25, 0.3) is 0 Å². The average molecular weight is 348 g/mol. The summed E-state index contributed by atoms with van der Waals surface area (Å²) < 4.78 is 52.3. The zero-order chi connectivity index (χ0) is 17.0. The summed E-state index contributed by atoms with van der Waals surface area (Å²) in [5.41, 5.74) is 0.606. The summed E-state index contributed by atoms with van der Waals surface area (Å²) in [6.07, 6.45) is 1.25. The standard InChI is InChI=1S/C14H18F2N2O4S/c1-22-14(19)18-8-2-3-11(9-18)17-10-4-6-12(7-5-10)23(20,21)13(15)16/h4-7,11,13,17H,2-3,8-9H2,1H3. The number of carbonyl (C=O) groups is 1. The molecule has 23 heavy (non-hydrogen) atoms. The fourth-order valence-electron chi connectivity index (χ4n) is 2.47. The maximum Gasteiger partial charge on any atom is 0.409 e. The first-order chi connectivity index (χ1) is 10.8. The zero-order valence-electron chi connectivity index (χ0n) is 12.5. The third-order valence-electron chi connectivity index (χ3n) is 3.64. The van der Waals surface area contributed by atoms with Gasteiger partial charge >= 0.3 is 11.9 Å². The molecule has 0 aliphatic carbocycles. The molecule has 1 N–H and O–H groups in total. The summed E-state index contributed by atoms with van der Waals surface area (Å²) in [4.78, 5) is 12.7. The molecular formula is C14H18F2N2O4S. The number of carbonyl (C=O) groups excluding carboxylic acids is 1. The van der Waals surface area contributed by atoms with Crippen molar-refractivity contribution >= 4 is 21.6 Å². The Labute approximate surface area is 133 Å². The maximum absolute atomic E-state index is 12.5. The minimum Gasteiger partial charge on any atom is -0.453 e. The number of rotatable bonds is 4. The molecule has 0 bridgehead atoms. The number of piperidine rings is 1. The SMILES string of the molecule is COC(=O)N1CCCC(Nc2ccc(S(=O)(=O)C(F)F)cc2)C1. The van der Waals surface area contributed by atoms with Gasteiger partial charge in [0.1, 0.15) is 0 Å². The Hall–Kier alpha value is -1.90. The highest BCUT2D eigenvalue weighted by Crippen LogP contribution is 2.22. The van der Waals surface area contributed by atoms with Crippen LogP contribution < -0.4 is 5.32 Å². The molecule has 0 radical (unpaired) electrons. The highest BCUT2D eigenvalue weighted by molar-refractivity contribution is 7.91. The highest BCUT2D eigenvalue weighted by atomic mass is 32.2. The lowest BCUT2D eigenvalue weighted by atomic mass is 10.1. The van der Waals surface area contributed by atoms with Crippen molar-refractivity contribution in [2.75, 3.05) is 25.5 Å². The van der Waals surface area contributed by atoms with Crippen LogP contribution in [0.5, 0.6) is 0 Å². The molecule has 9 heteroatoms. The van der Waals surface area contributed by atoms with Crippen LogP contribution in [0.2, 0.25) is 0 Å². The Morgan fingerprint density at radius 1 is 1.35 bits per heavy atom. The fourth-order valence-corrected chi connectivity index (χ4v) is 3.19. The van der Waals surface area contributed by atoms with Gasteiger partial charge in [0.25, 0.3) is 0 Å². The molecule has 2 rings (SSSR count). The van der Waals surface area contributed by atoms with Gasteiger partial charge < -0.3 is 15.0 Å². The van der Waals surface area contributed by atoms with Gasteiger partial charge in [0.2, 0.25) is 9.84 Å². The van der Waals surface area contributed by atoms with Crippen molar-refractivity contribution in [1.82, 2.24) is 4.90 Å². The van der Waals surface area contributed by atoms with E-state index in [4.69, 9.17) is 0 Å². The lowest BCUT2D eigenvalue weighted by Crippen LogP contribution is -2.45. The van der Waals surface area contributed by atoms with Gasteiger partial charge in [-0.15, -0.1) is 0 Å². The first kappa shape index (κ1) is 17.5. The molecule has 128 valence electrons. The molecule has 0 saturated carbocycles. The second kappa shape index (κ2) is 7.12. The van der Waals surface area contributed by atoms with E-state index in [2.05, 4.69) is 10.1 Å². The van der Waals surface area contributed by atoms with Gasteiger partial charge in [0, 0.05) is 24.8 Å². The molecule has 6 nitrogen and oxygen atoms in total. The minimum atomic E-state index is -4.58. The van der Waals surface area contributed by atoms with Gasteiger partial charge in [-0.2, -0.15) is 8.78 Å². The molecule has 1 amide bonds. The molecule has 1 aromatic rings. The molecule has 1 aromatic carbocycles. The average Bonchev–Trinajstić information content (AvgIpc) is 2.54. The van der Waals surface area contributed by atoms with E-state index in [1.165, 1.54) is 19.2 Å². The van der Waals surface area contributed by atoms with Crippen molar-refractivity contribution in [3.05, 3.63) is 24.3 Å². The Morgan fingerprint density at radius 3 is 2.57 bits per heavy atom. The van der Waals surface area contributed by atoms with E-state index in [0.717, 1.165) is 25.0 Å². The van der Waals surface area contributed by atoms with Crippen molar-refractivity contribution < 1.29 is 26.7 Å². The van der Waals surface area contributed by atoms with Crippen molar-refractivity contribution in [3.8, 4) is 0 Å². The topological polar surface area (TPSA) is 75.7 Å². The van der Waals surface area contributed by atoms with Gasteiger partial charge in [-0.25, -0.2) is 13.2 Å². The van der Waals surface area contributed by atoms with Crippen LogP contribution in [0, 0.1) is 0 Å². The van der Waals surface area contributed by atoms with E-state index >= 15 is 0 Å². The molecule has 1 heterocycles. The Kier molecular flexibility index (Phi) is 5.40. The van der Waals surface area contributed by atoms with Crippen LogP contribution in [0.1, 0.15) is 12.8 Å². The third kappa shape index (κ3) is 4.10. The number of sulfone groups is 1. The molecule has 0 spiro atoms. The van der Waals surface area contributed by atoms with E-state index in [1.807, 2.05) is 0 Å². The van der Waals surface area contributed by atoms with Crippen molar-refractivity contribution in [2.24, 2.45) is 0 Å². The van der Waals surface area contributed by atoms with E-state index < -0.39 is 26.6 Å². The van der Waals surface area contributed by atoms with Crippen molar-refractivity contribution in [3.63, 3.8) is 0 Å². The number of hydrogen-bond donors (Lipinski definition) is 1. The van der Waals surface area contributed by atoms with E-state index in [1.54, 1.807) is 4.90 Å². The monoisotopic (exact) mass is 348 g/mol. The summed E-state index contributed by atoms with van der Waals surface area (Å²) in [5.74, 6) is -3.44. The lowest BCUT2D eigenvalue weighted by Gasteiger charge is -2.32. The number of hydrogen-bond acceptors (Lipinski definition) is 5. The summed E-state index contributed by atoms with van der Waals surface area (Å²) >= 11 is 0. The van der Waals surface area contributed by atoms with Crippen LogP contribution in [0.4, 0.5) is 19.3 Å². The number of benzene rings is 1. The predicted molar refractivity (Wildman–Crippen MR) is 80.3 cm³/mol. The third-order valence-corrected chi connectivity index (χ3v) is 5.04. The molecule has 0 aromatic heterocycles.